The van der Waals surface area contributed by atoms with Crippen LogP contribution in [0.1, 0.15) is 47.0 Å². The Morgan fingerprint density at radius 2 is 1.61 bits per heavy atom. The number of hydrogen-bond acceptors (Lipinski definition) is 3. The van der Waals surface area contributed by atoms with Crippen molar-refractivity contribution in [2.75, 3.05) is 56.0 Å². The Kier molecular flexibility index (Phi) is 7.94. The van der Waals surface area contributed by atoms with E-state index in [4.69, 9.17) is 0 Å². The topological polar surface area (TPSA) is 70.3 Å². The van der Waals surface area contributed by atoms with E-state index in [1.165, 1.54) is 34.7 Å². The van der Waals surface area contributed by atoms with Crippen LogP contribution >= 0.6 is 0 Å². The van der Waals surface area contributed by atoms with Crippen molar-refractivity contribution in [1.82, 2.24) is 5.32 Å². The van der Waals surface area contributed by atoms with Crippen LogP contribution in [-0.4, -0.2) is 69.2 Å². The average Bonchev–Trinajstić information content (AvgIpc) is 2.73. The van der Waals surface area contributed by atoms with E-state index in [1.807, 2.05) is 39.8 Å². The van der Waals surface area contributed by atoms with E-state index in [0.29, 0.717) is 6.54 Å². The molecule has 0 saturated carbocycles. The number of piperidine rings is 1. The second-order valence-electron chi connectivity index (χ2n) is 10.2. The number of nitrogens with zero attached hydrogens (tertiary/aromatic N) is 1. The zero-order valence-electron chi connectivity index (χ0n) is 19.7. The van der Waals surface area contributed by atoms with Gasteiger partial charge in [0.05, 0.1) is 0 Å². The van der Waals surface area contributed by atoms with E-state index in [-0.39, 0.29) is 23.4 Å². The highest BCUT2D eigenvalue weighted by Crippen LogP contribution is 2.21. The molecule has 0 spiro atoms. The Morgan fingerprint density at radius 1 is 1.00 bits per heavy atom. The van der Waals surface area contributed by atoms with Gasteiger partial charge in [-0.2, -0.15) is 0 Å². The summed E-state index contributed by atoms with van der Waals surface area (Å²) in [6, 6.07) is 8.15. The number of anilines is 2. The van der Waals surface area contributed by atoms with Gasteiger partial charge in [-0.05, 0) is 71.2 Å². The van der Waals surface area contributed by atoms with Gasteiger partial charge in [-0.3, -0.25) is 9.59 Å². The number of hydrogen-bond donors (Lipinski definition) is 4. The van der Waals surface area contributed by atoms with Crippen molar-refractivity contribution in [3.05, 3.63) is 24.3 Å². The first-order chi connectivity index (χ1) is 14.7. The van der Waals surface area contributed by atoms with E-state index in [9.17, 15) is 9.59 Å². The molecular weight excluding hydrogens is 390 g/mol. The van der Waals surface area contributed by atoms with Gasteiger partial charge in [0, 0.05) is 30.0 Å². The number of piperazine rings is 1. The summed E-state index contributed by atoms with van der Waals surface area (Å²) in [6.07, 6.45) is 3.84. The lowest BCUT2D eigenvalue weighted by Gasteiger charge is -2.33. The Balaban J connectivity index is 1.43. The maximum Gasteiger partial charge on any atom is 0.282 e. The molecule has 2 aliphatic heterocycles. The number of amides is 2. The molecular formula is C24H41N5O2+2. The van der Waals surface area contributed by atoms with Gasteiger partial charge in [0.2, 0.25) is 0 Å². The molecule has 31 heavy (non-hydrogen) atoms. The van der Waals surface area contributed by atoms with Crippen LogP contribution in [0.3, 0.4) is 0 Å². The van der Waals surface area contributed by atoms with Crippen molar-refractivity contribution in [2.24, 2.45) is 0 Å². The van der Waals surface area contributed by atoms with Crippen molar-refractivity contribution in [1.29, 1.82) is 0 Å². The molecule has 2 saturated heterocycles. The molecule has 7 heteroatoms. The molecule has 2 amide bonds. The summed E-state index contributed by atoms with van der Waals surface area (Å²) >= 11 is 0. The monoisotopic (exact) mass is 431 g/mol. The summed E-state index contributed by atoms with van der Waals surface area (Å²) in [6.45, 7) is 14.4. The third-order valence-electron chi connectivity index (χ3n) is 6.39. The van der Waals surface area contributed by atoms with Crippen molar-refractivity contribution in [3.8, 4) is 0 Å². The zero-order valence-corrected chi connectivity index (χ0v) is 19.7. The van der Waals surface area contributed by atoms with Crippen LogP contribution in [-0.2, 0) is 9.59 Å². The van der Waals surface area contributed by atoms with E-state index in [0.717, 1.165) is 45.0 Å². The molecule has 4 N–H and O–H groups in total. The van der Waals surface area contributed by atoms with Crippen molar-refractivity contribution >= 4 is 23.2 Å². The van der Waals surface area contributed by atoms with E-state index in [1.54, 1.807) is 0 Å². The summed E-state index contributed by atoms with van der Waals surface area (Å²) in [5, 5.41) is 6.13. The minimum atomic E-state index is -0.192. The van der Waals surface area contributed by atoms with Crippen LogP contribution in [0.4, 0.5) is 11.4 Å². The SMILES string of the molecule is C[C@@H](C(=O)Nc1ccc(N2CCCCC2)cc1)[NH+]1CC[NH+](CC(=O)NC(C)(C)C)CC1. The molecule has 7 nitrogen and oxygen atoms in total. The molecule has 0 unspecified atom stereocenters. The maximum atomic E-state index is 12.8. The Morgan fingerprint density at radius 3 is 2.19 bits per heavy atom. The smallest absolute Gasteiger partial charge is 0.282 e. The number of carbonyl (C=O) groups is 2. The van der Waals surface area contributed by atoms with Crippen LogP contribution in [0.2, 0.25) is 0 Å². The number of benzene rings is 1. The summed E-state index contributed by atoms with van der Waals surface area (Å²) in [5.74, 6) is 0.166. The van der Waals surface area contributed by atoms with Gasteiger partial charge in [-0.15, -0.1) is 0 Å². The van der Waals surface area contributed by atoms with Gasteiger partial charge in [-0.25, -0.2) is 0 Å². The number of quaternary nitrogens is 2. The normalized spacial score (nSPS) is 23.2. The van der Waals surface area contributed by atoms with Crippen LogP contribution < -0.4 is 25.3 Å². The molecule has 1 atom stereocenters. The van der Waals surface area contributed by atoms with Crippen molar-refractivity contribution in [3.63, 3.8) is 0 Å². The average molecular weight is 432 g/mol. The minimum absolute atomic E-state index is 0.0645. The lowest BCUT2D eigenvalue weighted by Crippen LogP contribution is -3.30. The highest BCUT2D eigenvalue weighted by Gasteiger charge is 2.32. The lowest BCUT2D eigenvalue weighted by atomic mass is 10.1. The third kappa shape index (κ3) is 7.21. The molecule has 0 bridgehead atoms. The lowest BCUT2D eigenvalue weighted by molar-refractivity contribution is -1.01. The molecule has 2 heterocycles. The first kappa shape index (κ1) is 23.5. The van der Waals surface area contributed by atoms with Gasteiger partial charge >= 0.3 is 0 Å². The fourth-order valence-corrected chi connectivity index (χ4v) is 4.57. The Hall–Kier alpha value is -2.12. The van der Waals surface area contributed by atoms with Crippen molar-refractivity contribution in [2.45, 2.75) is 58.5 Å². The molecule has 0 radical (unpaired) electrons. The molecule has 2 fully saturated rings. The number of rotatable bonds is 6. The maximum absolute atomic E-state index is 12.8. The molecule has 2 aliphatic rings. The number of carbonyl (C=O) groups excluding carboxylic acids is 2. The third-order valence-corrected chi connectivity index (χ3v) is 6.39. The molecule has 0 aliphatic carbocycles. The molecule has 172 valence electrons. The second kappa shape index (κ2) is 10.5. The minimum Gasteiger partial charge on any atom is -0.372 e. The Labute approximate surface area is 187 Å². The predicted octanol–water partition coefficient (Wildman–Crippen LogP) is -0.298. The fraction of sp³-hybridized carbons (Fsp3) is 0.667. The van der Waals surface area contributed by atoms with Crippen LogP contribution in [0.15, 0.2) is 24.3 Å². The summed E-state index contributed by atoms with van der Waals surface area (Å²) in [5.41, 5.74) is 1.91. The van der Waals surface area contributed by atoms with E-state index >= 15 is 0 Å². The largest absolute Gasteiger partial charge is 0.372 e. The highest BCUT2D eigenvalue weighted by molar-refractivity contribution is 5.93. The molecule has 1 aromatic rings. The zero-order chi connectivity index (χ0) is 22.4. The van der Waals surface area contributed by atoms with E-state index < -0.39 is 0 Å². The summed E-state index contributed by atoms with van der Waals surface area (Å²) in [7, 11) is 0. The van der Waals surface area contributed by atoms with Gasteiger partial charge in [-0.1, -0.05) is 0 Å². The van der Waals surface area contributed by atoms with E-state index in [2.05, 4.69) is 27.7 Å². The van der Waals surface area contributed by atoms with Gasteiger partial charge in [0.15, 0.2) is 12.6 Å². The first-order valence-electron chi connectivity index (χ1n) is 11.9. The molecule has 3 rings (SSSR count). The van der Waals surface area contributed by atoms with Gasteiger partial charge in [0.25, 0.3) is 11.8 Å². The Bertz CT molecular complexity index is 729. The first-order valence-corrected chi connectivity index (χ1v) is 11.9. The van der Waals surface area contributed by atoms with Crippen LogP contribution in [0, 0.1) is 0 Å². The summed E-state index contributed by atoms with van der Waals surface area (Å²) in [4.78, 5) is 30.0. The summed E-state index contributed by atoms with van der Waals surface area (Å²) < 4.78 is 0. The molecule has 0 aromatic heterocycles. The van der Waals surface area contributed by atoms with Gasteiger partial charge in [0.1, 0.15) is 26.2 Å². The standard InChI is InChI=1S/C24H39N5O2/c1-19(28-16-14-27(15-17-28)18-22(30)26-24(2,3)4)23(31)25-20-8-10-21(11-9-20)29-12-6-5-7-13-29/h8-11,19H,5-7,12-18H2,1-4H3,(H,25,31)(H,26,30)/p+2/t19-/m0/s1. The number of nitrogens with one attached hydrogen (secondary N) is 4. The highest BCUT2D eigenvalue weighted by atomic mass is 16.2. The quantitative estimate of drug-likeness (QED) is 0.500. The van der Waals surface area contributed by atoms with Crippen LogP contribution in [0.25, 0.3) is 0 Å². The van der Waals surface area contributed by atoms with Crippen LogP contribution in [0.5, 0.6) is 0 Å². The van der Waals surface area contributed by atoms with Gasteiger partial charge < -0.3 is 25.3 Å². The van der Waals surface area contributed by atoms with Crippen molar-refractivity contribution < 1.29 is 19.4 Å². The fourth-order valence-electron chi connectivity index (χ4n) is 4.57. The predicted molar refractivity (Wildman–Crippen MR) is 125 cm³/mol. The second-order valence-corrected chi connectivity index (χ2v) is 10.2. The molecule has 1 aromatic carbocycles.